The van der Waals surface area contributed by atoms with E-state index in [2.05, 4.69) is 20.2 Å². The highest BCUT2D eigenvalue weighted by Gasteiger charge is 2.21. The molecule has 25 heavy (non-hydrogen) atoms. The number of hydrogen-bond acceptors (Lipinski definition) is 4. The van der Waals surface area contributed by atoms with Crippen molar-refractivity contribution in [1.82, 2.24) is 15.2 Å². The molecule has 0 atom stereocenters. The lowest BCUT2D eigenvalue weighted by Gasteiger charge is -2.21. The maximum absolute atomic E-state index is 5.69. The average molecular weight is 342 g/mol. The summed E-state index contributed by atoms with van der Waals surface area (Å²) >= 11 is 0. The fraction of sp³-hybridized carbons (Fsp3) is 0.474. The van der Waals surface area contributed by atoms with Gasteiger partial charge in [0.15, 0.2) is 5.96 Å². The van der Waals surface area contributed by atoms with Gasteiger partial charge in [-0.1, -0.05) is 18.2 Å². The molecule has 1 N–H and O–H groups in total. The minimum atomic E-state index is 0.566. The molecule has 2 aromatic rings. The number of rotatable bonds is 8. The van der Waals surface area contributed by atoms with E-state index >= 15 is 0 Å². The quantitative estimate of drug-likeness (QED) is 0.454. The molecular formula is C19H26N4O2. The van der Waals surface area contributed by atoms with Crippen LogP contribution in [-0.4, -0.2) is 49.7 Å². The van der Waals surface area contributed by atoms with Crippen molar-refractivity contribution in [1.29, 1.82) is 0 Å². The van der Waals surface area contributed by atoms with E-state index in [1.807, 2.05) is 37.4 Å². The fourth-order valence-corrected chi connectivity index (χ4v) is 2.50. The first-order valence-electron chi connectivity index (χ1n) is 8.75. The van der Waals surface area contributed by atoms with Gasteiger partial charge in [-0.15, -0.1) is 0 Å². The molecule has 1 fully saturated rings. The zero-order valence-electron chi connectivity index (χ0n) is 14.9. The van der Waals surface area contributed by atoms with Crippen molar-refractivity contribution >= 4 is 5.96 Å². The first-order chi connectivity index (χ1) is 12.3. The van der Waals surface area contributed by atoms with E-state index in [1.54, 1.807) is 13.3 Å². The normalized spacial score (nSPS) is 14.6. The molecule has 0 amide bonds. The molecule has 3 rings (SSSR count). The lowest BCUT2D eigenvalue weighted by molar-refractivity contribution is 0.115. The van der Waals surface area contributed by atoms with Crippen LogP contribution in [0.3, 0.4) is 0 Å². The summed E-state index contributed by atoms with van der Waals surface area (Å²) in [6, 6.07) is 9.89. The summed E-state index contributed by atoms with van der Waals surface area (Å²) in [6.45, 7) is 2.98. The van der Waals surface area contributed by atoms with Crippen LogP contribution in [-0.2, 0) is 11.3 Å². The number of aromatic nitrogens is 1. The second-order valence-corrected chi connectivity index (χ2v) is 6.35. The smallest absolute Gasteiger partial charge is 0.226 e. The van der Waals surface area contributed by atoms with Crippen molar-refractivity contribution in [2.45, 2.75) is 19.4 Å². The van der Waals surface area contributed by atoms with Crippen LogP contribution in [0, 0.1) is 5.92 Å². The van der Waals surface area contributed by atoms with Crippen LogP contribution in [0.4, 0.5) is 0 Å². The van der Waals surface area contributed by atoms with Crippen LogP contribution in [0.1, 0.15) is 18.5 Å². The van der Waals surface area contributed by atoms with Gasteiger partial charge >= 0.3 is 0 Å². The highest BCUT2D eigenvalue weighted by molar-refractivity contribution is 5.79. The Kier molecular flexibility index (Phi) is 6.06. The van der Waals surface area contributed by atoms with Crippen LogP contribution < -0.4 is 5.32 Å². The number of nitrogens with zero attached hydrogens (tertiary/aromatic N) is 3. The van der Waals surface area contributed by atoms with Gasteiger partial charge in [-0.05, 0) is 30.9 Å². The van der Waals surface area contributed by atoms with E-state index in [-0.39, 0.29) is 0 Å². The summed E-state index contributed by atoms with van der Waals surface area (Å²) in [5, 5.41) is 3.31. The molecule has 134 valence electrons. The number of likely N-dealkylation sites (N-methyl/N-ethyl adjacent to an activating group) is 1. The molecule has 1 aromatic heterocycles. The highest BCUT2D eigenvalue weighted by Crippen LogP contribution is 2.28. The molecule has 1 heterocycles. The van der Waals surface area contributed by atoms with E-state index < -0.39 is 0 Å². The molecule has 6 heteroatoms. The van der Waals surface area contributed by atoms with Gasteiger partial charge in [0, 0.05) is 32.8 Å². The summed E-state index contributed by atoms with van der Waals surface area (Å²) in [7, 11) is 3.79. The first-order valence-corrected chi connectivity index (χ1v) is 8.75. The second-order valence-electron chi connectivity index (χ2n) is 6.35. The zero-order valence-corrected chi connectivity index (χ0v) is 14.9. The monoisotopic (exact) mass is 342 g/mol. The summed E-state index contributed by atoms with van der Waals surface area (Å²) in [6.07, 6.45) is 4.32. The number of benzene rings is 1. The molecule has 0 spiro atoms. The van der Waals surface area contributed by atoms with Crippen molar-refractivity contribution in [3.8, 4) is 11.5 Å². The Labute approximate surface area is 148 Å². The Morgan fingerprint density at radius 2 is 2.16 bits per heavy atom. The highest BCUT2D eigenvalue weighted by atomic mass is 16.5. The van der Waals surface area contributed by atoms with Gasteiger partial charge in [0.2, 0.25) is 5.89 Å². The third-order valence-electron chi connectivity index (χ3n) is 4.19. The largest absolute Gasteiger partial charge is 0.444 e. The minimum absolute atomic E-state index is 0.566. The van der Waals surface area contributed by atoms with Crippen LogP contribution in [0.2, 0.25) is 0 Å². The Balaban J connectivity index is 1.45. The fourth-order valence-electron chi connectivity index (χ4n) is 2.50. The van der Waals surface area contributed by atoms with Gasteiger partial charge < -0.3 is 19.4 Å². The van der Waals surface area contributed by atoms with Crippen LogP contribution in [0.25, 0.3) is 11.5 Å². The van der Waals surface area contributed by atoms with Gasteiger partial charge in [-0.3, -0.25) is 4.99 Å². The van der Waals surface area contributed by atoms with Crippen molar-refractivity contribution < 1.29 is 9.15 Å². The summed E-state index contributed by atoms with van der Waals surface area (Å²) in [4.78, 5) is 10.9. The van der Waals surface area contributed by atoms with Crippen molar-refractivity contribution in [3.63, 3.8) is 0 Å². The number of guanidine groups is 1. The van der Waals surface area contributed by atoms with Gasteiger partial charge in [0.1, 0.15) is 6.26 Å². The molecule has 0 aliphatic heterocycles. The van der Waals surface area contributed by atoms with Crippen molar-refractivity contribution in [3.05, 3.63) is 42.3 Å². The van der Waals surface area contributed by atoms with Crippen LogP contribution >= 0.6 is 0 Å². The predicted octanol–water partition coefficient (Wildman–Crippen LogP) is 2.78. The van der Waals surface area contributed by atoms with Crippen LogP contribution in [0.15, 0.2) is 46.0 Å². The molecular weight excluding hydrogens is 316 g/mol. The second kappa shape index (κ2) is 8.67. The first kappa shape index (κ1) is 17.5. The molecule has 1 aliphatic rings. The van der Waals surface area contributed by atoms with Gasteiger partial charge in [0.05, 0.1) is 18.8 Å². The molecule has 1 aliphatic carbocycles. The minimum Gasteiger partial charge on any atom is -0.444 e. The summed E-state index contributed by atoms with van der Waals surface area (Å²) in [5.74, 6) is 2.25. The maximum Gasteiger partial charge on any atom is 0.226 e. The van der Waals surface area contributed by atoms with E-state index in [0.29, 0.717) is 12.4 Å². The molecule has 1 saturated carbocycles. The molecule has 0 saturated heterocycles. The van der Waals surface area contributed by atoms with Crippen molar-refractivity contribution in [2.24, 2.45) is 10.9 Å². The van der Waals surface area contributed by atoms with Crippen molar-refractivity contribution in [2.75, 3.05) is 33.9 Å². The number of hydrogen-bond donors (Lipinski definition) is 1. The SMILES string of the molecule is CN=C(NCc1coc(-c2ccccc2)n1)N(C)CCOCC1CC1. The summed E-state index contributed by atoms with van der Waals surface area (Å²) < 4.78 is 11.2. The lowest BCUT2D eigenvalue weighted by atomic mass is 10.2. The van der Waals surface area contributed by atoms with Gasteiger partial charge in [0.25, 0.3) is 0 Å². The van der Waals surface area contributed by atoms with E-state index in [1.165, 1.54) is 12.8 Å². The molecule has 0 bridgehead atoms. The maximum atomic E-state index is 5.69. The van der Waals surface area contributed by atoms with Gasteiger partial charge in [-0.2, -0.15) is 0 Å². The Morgan fingerprint density at radius 1 is 1.36 bits per heavy atom. The molecule has 0 unspecified atom stereocenters. The average Bonchev–Trinajstić information content (AvgIpc) is 3.35. The number of aliphatic imine (C=N–C) groups is 1. The number of nitrogens with one attached hydrogen (secondary N) is 1. The number of ether oxygens (including phenoxy) is 1. The predicted molar refractivity (Wildman–Crippen MR) is 98.3 cm³/mol. The Hall–Kier alpha value is -2.34. The van der Waals surface area contributed by atoms with Crippen LogP contribution in [0.5, 0.6) is 0 Å². The Bertz CT molecular complexity index is 680. The molecule has 6 nitrogen and oxygen atoms in total. The van der Waals surface area contributed by atoms with E-state index in [0.717, 1.165) is 42.9 Å². The molecule has 1 aromatic carbocycles. The van der Waals surface area contributed by atoms with E-state index in [4.69, 9.17) is 9.15 Å². The zero-order chi connectivity index (χ0) is 17.5. The summed E-state index contributed by atoms with van der Waals surface area (Å²) in [5.41, 5.74) is 1.82. The van der Waals surface area contributed by atoms with Gasteiger partial charge in [-0.25, -0.2) is 4.98 Å². The lowest BCUT2D eigenvalue weighted by Crippen LogP contribution is -2.40. The standard InChI is InChI=1S/C19H26N4O2/c1-20-19(23(2)10-11-24-13-15-8-9-15)21-12-17-14-25-18(22-17)16-6-4-3-5-7-16/h3-7,14-15H,8-13H2,1-2H3,(H,20,21). The third kappa shape index (κ3) is 5.32. The molecule has 0 radical (unpaired) electrons. The topological polar surface area (TPSA) is 62.9 Å². The third-order valence-corrected chi connectivity index (χ3v) is 4.19. The van der Waals surface area contributed by atoms with E-state index in [9.17, 15) is 0 Å². The Morgan fingerprint density at radius 3 is 2.88 bits per heavy atom. The number of oxazole rings is 1.